The molecule has 3 rings (SSSR count). The second-order valence-electron chi connectivity index (χ2n) is 4.49. The van der Waals surface area contributed by atoms with Crippen LogP contribution in [0.4, 0.5) is 0 Å². The molecule has 1 aromatic carbocycles. The highest BCUT2D eigenvalue weighted by Gasteiger charge is 2.23. The zero-order valence-electron chi connectivity index (χ0n) is 9.89. The van der Waals surface area contributed by atoms with Crippen molar-refractivity contribution in [2.24, 2.45) is 0 Å². The zero-order chi connectivity index (χ0) is 11.7. The minimum atomic E-state index is 0.659. The van der Waals surface area contributed by atoms with Gasteiger partial charge in [-0.1, -0.05) is 24.3 Å². The van der Waals surface area contributed by atoms with Gasteiger partial charge >= 0.3 is 0 Å². The van der Waals surface area contributed by atoms with Gasteiger partial charge in [-0.05, 0) is 36.0 Å². The standard InChI is InChI=1S/C15H15NO/c1-17-15-8-7-14(10-16-15)13-4-2-3-12(9-13)11-5-6-11/h2-4,7-11H,5-6H2,1H3. The first kappa shape index (κ1) is 10.3. The maximum absolute atomic E-state index is 5.07. The average Bonchev–Trinajstić information content (AvgIpc) is 3.23. The summed E-state index contributed by atoms with van der Waals surface area (Å²) in [5, 5.41) is 0. The highest BCUT2D eigenvalue weighted by Crippen LogP contribution is 2.41. The lowest BCUT2D eigenvalue weighted by Crippen LogP contribution is -1.88. The molecule has 17 heavy (non-hydrogen) atoms. The Morgan fingerprint density at radius 3 is 2.65 bits per heavy atom. The Morgan fingerprint density at radius 1 is 1.12 bits per heavy atom. The van der Waals surface area contributed by atoms with Crippen molar-refractivity contribution < 1.29 is 4.74 Å². The van der Waals surface area contributed by atoms with Crippen molar-refractivity contribution in [1.29, 1.82) is 0 Å². The van der Waals surface area contributed by atoms with E-state index in [9.17, 15) is 0 Å². The van der Waals surface area contributed by atoms with Crippen LogP contribution in [-0.4, -0.2) is 12.1 Å². The van der Waals surface area contributed by atoms with Crippen LogP contribution in [0.15, 0.2) is 42.6 Å². The molecule has 0 spiro atoms. The fourth-order valence-corrected chi connectivity index (χ4v) is 2.06. The normalized spacial score (nSPS) is 14.6. The molecule has 0 aliphatic heterocycles. The lowest BCUT2D eigenvalue weighted by atomic mass is 10.0. The number of rotatable bonds is 3. The maximum Gasteiger partial charge on any atom is 0.212 e. The molecule has 1 aromatic heterocycles. The molecule has 1 saturated carbocycles. The monoisotopic (exact) mass is 225 g/mol. The molecule has 1 aliphatic rings. The van der Waals surface area contributed by atoms with Crippen molar-refractivity contribution in [2.75, 3.05) is 7.11 Å². The largest absolute Gasteiger partial charge is 0.481 e. The number of aromatic nitrogens is 1. The van der Waals surface area contributed by atoms with E-state index in [0.717, 1.165) is 11.5 Å². The first-order valence-electron chi connectivity index (χ1n) is 5.97. The third-order valence-electron chi connectivity index (χ3n) is 3.21. The fraction of sp³-hybridized carbons (Fsp3) is 0.267. The number of nitrogens with zero attached hydrogens (tertiary/aromatic N) is 1. The third-order valence-corrected chi connectivity index (χ3v) is 3.21. The van der Waals surface area contributed by atoms with Gasteiger partial charge in [-0.2, -0.15) is 0 Å². The highest BCUT2D eigenvalue weighted by molar-refractivity contribution is 5.63. The Morgan fingerprint density at radius 2 is 2.00 bits per heavy atom. The van der Waals surface area contributed by atoms with E-state index < -0.39 is 0 Å². The van der Waals surface area contributed by atoms with Crippen molar-refractivity contribution in [3.8, 4) is 17.0 Å². The molecule has 2 aromatic rings. The number of hydrogen-bond donors (Lipinski definition) is 0. The van der Waals surface area contributed by atoms with Crippen molar-refractivity contribution in [2.45, 2.75) is 18.8 Å². The van der Waals surface area contributed by atoms with Gasteiger partial charge in [0.1, 0.15) is 0 Å². The summed E-state index contributed by atoms with van der Waals surface area (Å²) in [7, 11) is 1.63. The van der Waals surface area contributed by atoms with Gasteiger partial charge in [-0.3, -0.25) is 0 Å². The predicted octanol–water partition coefficient (Wildman–Crippen LogP) is 3.63. The van der Waals surface area contributed by atoms with E-state index in [4.69, 9.17) is 4.74 Å². The minimum absolute atomic E-state index is 0.659. The first-order valence-corrected chi connectivity index (χ1v) is 5.97. The number of benzene rings is 1. The van der Waals surface area contributed by atoms with E-state index in [-0.39, 0.29) is 0 Å². The molecule has 1 heterocycles. The molecule has 86 valence electrons. The average molecular weight is 225 g/mol. The molecule has 0 N–H and O–H groups in total. The van der Waals surface area contributed by atoms with Crippen LogP contribution in [0.3, 0.4) is 0 Å². The molecule has 0 amide bonds. The summed E-state index contributed by atoms with van der Waals surface area (Å²) in [4.78, 5) is 4.24. The highest BCUT2D eigenvalue weighted by atomic mass is 16.5. The van der Waals surface area contributed by atoms with E-state index in [1.165, 1.54) is 24.0 Å². The predicted molar refractivity (Wildman–Crippen MR) is 68.2 cm³/mol. The van der Waals surface area contributed by atoms with Crippen molar-refractivity contribution in [1.82, 2.24) is 4.98 Å². The van der Waals surface area contributed by atoms with Gasteiger partial charge in [0.2, 0.25) is 5.88 Å². The van der Waals surface area contributed by atoms with Gasteiger partial charge in [0.15, 0.2) is 0 Å². The number of methoxy groups -OCH3 is 1. The third kappa shape index (κ3) is 2.16. The molecular formula is C15H15NO. The van der Waals surface area contributed by atoms with Gasteiger partial charge in [-0.25, -0.2) is 4.98 Å². The molecule has 1 aliphatic carbocycles. The van der Waals surface area contributed by atoms with Crippen LogP contribution in [0.25, 0.3) is 11.1 Å². The second kappa shape index (κ2) is 4.21. The van der Waals surface area contributed by atoms with Gasteiger partial charge in [-0.15, -0.1) is 0 Å². The smallest absolute Gasteiger partial charge is 0.212 e. The molecule has 1 fully saturated rings. The van der Waals surface area contributed by atoms with Crippen LogP contribution in [0.2, 0.25) is 0 Å². The lowest BCUT2D eigenvalue weighted by Gasteiger charge is -2.05. The summed E-state index contributed by atoms with van der Waals surface area (Å²) in [6.45, 7) is 0. The van der Waals surface area contributed by atoms with E-state index >= 15 is 0 Å². The zero-order valence-corrected chi connectivity index (χ0v) is 9.89. The van der Waals surface area contributed by atoms with Crippen molar-refractivity contribution in [3.05, 3.63) is 48.2 Å². The molecule has 0 atom stereocenters. The van der Waals surface area contributed by atoms with Gasteiger partial charge < -0.3 is 4.74 Å². The van der Waals surface area contributed by atoms with Crippen LogP contribution in [0.5, 0.6) is 5.88 Å². The molecule has 0 unspecified atom stereocenters. The van der Waals surface area contributed by atoms with Crippen LogP contribution >= 0.6 is 0 Å². The Bertz CT molecular complexity index is 515. The fourth-order valence-electron chi connectivity index (χ4n) is 2.06. The van der Waals surface area contributed by atoms with Crippen molar-refractivity contribution in [3.63, 3.8) is 0 Å². The van der Waals surface area contributed by atoms with Crippen LogP contribution in [0.1, 0.15) is 24.3 Å². The number of hydrogen-bond acceptors (Lipinski definition) is 2. The summed E-state index contributed by atoms with van der Waals surface area (Å²) >= 11 is 0. The van der Waals surface area contributed by atoms with Gasteiger partial charge in [0.25, 0.3) is 0 Å². The topological polar surface area (TPSA) is 22.1 Å². The Labute approximate surface area is 101 Å². The minimum Gasteiger partial charge on any atom is -0.481 e. The summed E-state index contributed by atoms with van der Waals surface area (Å²) in [5.74, 6) is 1.45. The van der Waals surface area contributed by atoms with Crippen LogP contribution in [0, 0.1) is 0 Å². The van der Waals surface area contributed by atoms with Gasteiger partial charge in [0, 0.05) is 17.8 Å². The number of ether oxygens (including phenoxy) is 1. The molecule has 2 nitrogen and oxygen atoms in total. The van der Waals surface area contributed by atoms with Gasteiger partial charge in [0.05, 0.1) is 7.11 Å². The summed E-state index contributed by atoms with van der Waals surface area (Å²) < 4.78 is 5.07. The van der Waals surface area contributed by atoms with E-state index in [2.05, 4.69) is 35.3 Å². The summed E-state index contributed by atoms with van der Waals surface area (Å²) in [5.41, 5.74) is 3.84. The van der Waals surface area contributed by atoms with Crippen LogP contribution < -0.4 is 4.74 Å². The van der Waals surface area contributed by atoms with E-state index in [0.29, 0.717) is 5.88 Å². The molecule has 2 heteroatoms. The molecule has 0 radical (unpaired) electrons. The second-order valence-corrected chi connectivity index (χ2v) is 4.49. The Balaban J connectivity index is 1.93. The van der Waals surface area contributed by atoms with E-state index in [1.54, 1.807) is 7.11 Å². The Kier molecular flexibility index (Phi) is 2.56. The maximum atomic E-state index is 5.07. The summed E-state index contributed by atoms with van der Waals surface area (Å²) in [6, 6.07) is 12.7. The Hall–Kier alpha value is -1.83. The molecular weight excluding hydrogens is 210 g/mol. The quantitative estimate of drug-likeness (QED) is 0.795. The lowest BCUT2D eigenvalue weighted by molar-refractivity contribution is 0.398. The number of pyridine rings is 1. The van der Waals surface area contributed by atoms with E-state index in [1.807, 2.05) is 12.3 Å². The van der Waals surface area contributed by atoms with Crippen molar-refractivity contribution >= 4 is 0 Å². The molecule has 0 saturated heterocycles. The summed E-state index contributed by atoms with van der Waals surface area (Å²) in [6.07, 6.45) is 4.54. The molecule has 0 bridgehead atoms. The first-order chi connectivity index (χ1) is 8.36. The van der Waals surface area contributed by atoms with Crippen LogP contribution in [-0.2, 0) is 0 Å². The SMILES string of the molecule is COc1ccc(-c2cccc(C3CC3)c2)cn1.